The maximum Gasteiger partial charge on any atom is 0.246 e. The van der Waals surface area contributed by atoms with Crippen molar-refractivity contribution in [3.05, 3.63) is 73.5 Å². The van der Waals surface area contributed by atoms with Crippen molar-refractivity contribution in [1.82, 2.24) is 29.4 Å². The van der Waals surface area contributed by atoms with E-state index in [1.165, 1.54) is 12.4 Å². The molecule has 1 N–H and O–H groups in total. The van der Waals surface area contributed by atoms with E-state index in [2.05, 4.69) is 31.7 Å². The molecule has 3 aromatic heterocycles. The van der Waals surface area contributed by atoms with E-state index in [0.717, 1.165) is 45.0 Å². The molecule has 2 aliphatic rings. The van der Waals surface area contributed by atoms with Crippen LogP contribution in [0, 0.1) is 6.92 Å². The minimum Gasteiger partial charge on any atom is -0.487 e. The molecule has 11 heteroatoms. The van der Waals surface area contributed by atoms with Gasteiger partial charge in [-0.3, -0.25) is 4.79 Å². The molecule has 1 fully saturated rings. The van der Waals surface area contributed by atoms with Gasteiger partial charge in [-0.05, 0) is 48.9 Å². The van der Waals surface area contributed by atoms with E-state index in [1.807, 2.05) is 54.9 Å². The number of imidazole rings is 1. The molecule has 1 atom stereocenters. The summed E-state index contributed by atoms with van der Waals surface area (Å²) in [5, 5.41) is 4.21. The summed E-state index contributed by atoms with van der Waals surface area (Å²) in [4.78, 5) is 34.3. The molecule has 0 radical (unpaired) electrons. The number of amides is 1. The van der Waals surface area contributed by atoms with E-state index in [9.17, 15) is 4.79 Å². The Morgan fingerprint density at radius 3 is 2.88 bits per heavy atom. The lowest BCUT2D eigenvalue weighted by Gasteiger charge is -2.44. The van der Waals surface area contributed by atoms with Gasteiger partial charge in [0.2, 0.25) is 5.91 Å². The van der Waals surface area contributed by atoms with Crippen LogP contribution in [0.4, 0.5) is 17.3 Å². The molecular formula is C30H28N8O3. The van der Waals surface area contributed by atoms with Crippen LogP contribution in [0.25, 0.3) is 21.9 Å². The zero-order chi connectivity index (χ0) is 28.1. The van der Waals surface area contributed by atoms with Crippen molar-refractivity contribution in [3.8, 4) is 17.2 Å². The summed E-state index contributed by atoms with van der Waals surface area (Å²) < 4.78 is 14.4. The Balaban J connectivity index is 1.16. The van der Waals surface area contributed by atoms with E-state index < -0.39 is 0 Å². The Bertz CT molecular complexity index is 1830. The van der Waals surface area contributed by atoms with E-state index in [4.69, 9.17) is 14.5 Å². The largest absolute Gasteiger partial charge is 0.487 e. The zero-order valence-corrected chi connectivity index (χ0v) is 22.7. The number of ether oxygens (including phenoxy) is 2. The number of aryl methyl sites for hydroxylation is 2. The standard InChI is InChI=1S/C30H28N8O3/c1-4-26(39)37-9-10-38-20(14-37)15-40-28-27-23(13-31-30(28)38)32-16-33-29(27)35-19-5-8-25(18(2)11-19)41-21-6-7-24-22(12-21)34-17-36(24)3/h4-8,11-13,16-17,20H,1,9-10,14-15H2,2-3H3,(H,32,33,35)/t20-/m0/s1. The lowest BCUT2D eigenvalue weighted by molar-refractivity contribution is -0.127. The number of fused-ring (bicyclic) bond motifs is 6. The molecule has 1 saturated heterocycles. The van der Waals surface area contributed by atoms with Crippen LogP contribution in [0.1, 0.15) is 5.56 Å². The summed E-state index contributed by atoms with van der Waals surface area (Å²) in [6.07, 6.45) is 6.41. The predicted molar refractivity (Wildman–Crippen MR) is 156 cm³/mol. The smallest absolute Gasteiger partial charge is 0.246 e. The van der Waals surface area contributed by atoms with Crippen LogP contribution in [-0.2, 0) is 11.8 Å². The summed E-state index contributed by atoms with van der Waals surface area (Å²) in [7, 11) is 1.97. The Morgan fingerprint density at radius 1 is 1.12 bits per heavy atom. The van der Waals surface area contributed by atoms with Crippen LogP contribution in [0.5, 0.6) is 17.2 Å². The average molecular weight is 549 g/mol. The van der Waals surface area contributed by atoms with Crippen LogP contribution < -0.4 is 19.7 Å². The highest BCUT2D eigenvalue weighted by molar-refractivity contribution is 5.99. The molecule has 1 amide bonds. The number of nitrogens with zero attached hydrogens (tertiary/aromatic N) is 7. The van der Waals surface area contributed by atoms with Crippen molar-refractivity contribution in [2.45, 2.75) is 13.0 Å². The third-order valence-corrected chi connectivity index (χ3v) is 7.64. The first-order valence-corrected chi connectivity index (χ1v) is 13.4. The molecule has 7 rings (SSSR count). The summed E-state index contributed by atoms with van der Waals surface area (Å²) in [5.41, 5.74) is 4.43. The van der Waals surface area contributed by atoms with Gasteiger partial charge in [0.1, 0.15) is 30.3 Å². The minimum absolute atomic E-state index is 0.0136. The highest BCUT2D eigenvalue weighted by Gasteiger charge is 2.36. The fourth-order valence-electron chi connectivity index (χ4n) is 5.52. The number of hydrogen-bond acceptors (Lipinski definition) is 9. The predicted octanol–water partition coefficient (Wildman–Crippen LogP) is 4.35. The Labute approximate surface area is 236 Å². The van der Waals surface area contributed by atoms with Gasteiger partial charge in [0.15, 0.2) is 11.6 Å². The number of benzene rings is 2. The second kappa shape index (κ2) is 9.77. The third-order valence-electron chi connectivity index (χ3n) is 7.64. The molecule has 5 aromatic rings. The Hall–Kier alpha value is -5.19. The zero-order valence-electron chi connectivity index (χ0n) is 22.7. The van der Waals surface area contributed by atoms with Gasteiger partial charge >= 0.3 is 0 Å². The molecule has 206 valence electrons. The van der Waals surface area contributed by atoms with E-state index in [1.54, 1.807) is 17.4 Å². The molecule has 41 heavy (non-hydrogen) atoms. The minimum atomic E-state index is -0.0669. The van der Waals surface area contributed by atoms with Crippen LogP contribution in [0.2, 0.25) is 0 Å². The SMILES string of the molecule is C=CC(=O)N1CCN2c3ncc4ncnc(Nc5ccc(Oc6ccc7c(c6)ncn7C)c(C)c5)c4c3OC[C@@H]2C1. The summed E-state index contributed by atoms with van der Waals surface area (Å²) in [6, 6.07) is 11.8. The van der Waals surface area contributed by atoms with Crippen LogP contribution in [0.15, 0.2) is 67.9 Å². The monoisotopic (exact) mass is 548 g/mol. The third kappa shape index (κ3) is 4.35. The molecule has 2 aliphatic heterocycles. The molecule has 0 spiro atoms. The fourth-order valence-corrected chi connectivity index (χ4v) is 5.52. The van der Waals surface area contributed by atoms with Gasteiger partial charge in [-0.1, -0.05) is 6.58 Å². The molecular weight excluding hydrogens is 520 g/mol. The number of nitrogens with one attached hydrogen (secondary N) is 1. The molecule has 2 aromatic carbocycles. The first kappa shape index (κ1) is 24.8. The number of hydrogen-bond donors (Lipinski definition) is 1. The molecule has 5 heterocycles. The van der Waals surface area contributed by atoms with Crippen molar-refractivity contribution in [2.24, 2.45) is 7.05 Å². The maximum absolute atomic E-state index is 12.2. The van der Waals surface area contributed by atoms with E-state index in [-0.39, 0.29) is 11.9 Å². The number of anilines is 3. The second-order valence-corrected chi connectivity index (χ2v) is 10.3. The van der Waals surface area contributed by atoms with Gasteiger partial charge in [-0.25, -0.2) is 19.9 Å². The average Bonchev–Trinajstić information content (AvgIpc) is 3.37. The Morgan fingerprint density at radius 2 is 2.02 bits per heavy atom. The van der Waals surface area contributed by atoms with Gasteiger partial charge < -0.3 is 29.2 Å². The van der Waals surface area contributed by atoms with E-state index in [0.29, 0.717) is 43.3 Å². The first-order valence-electron chi connectivity index (χ1n) is 13.4. The molecule has 0 aliphatic carbocycles. The maximum atomic E-state index is 12.2. The fraction of sp³-hybridized carbons (Fsp3) is 0.233. The van der Waals surface area contributed by atoms with Crippen LogP contribution in [-0.4, -0.2) is 67.6 Å². The normalized spacial score (nSPS) is 16.2. The van der Waals surface area contributed by atoms with Gasteiger partial charge in [0.05, 0.1) is 40.5 Å². The Kier molecular flexibility index (Phi) is 5.92. The highest BCUT2D eigenvalue weighted by atomic mass is 16.5. The molecule has 0 unspecified atom stereocenters. The van der Waals surface area contributed by atoms with Crippen molar-refractivity contribution in [3.63, 3.8) is 0 Å². The summed E-state index contributed by atoms with van der Waals surface area (Å²) in [5.74, 6) is 3.42. The highest BCUT2D eigenvalue weighted by Crippen LogP contribution is 2.42. The van der Waals surface area contributed by atoms with Gasteiger partial charge in [-0.15, -0.1) is 0 Å². The van der Waals surface area contributed by atoms with Gasteiger partial charge in [-0.2, -0.15) is 0 Å². The number of aromatic nitrogens is 5. The number of carbonyl (C=O) groups is 1. The quantitative estimate of drug-likeness (QED) is 0.321. The molecule has 11 nitrogen and oxygen atoms in total. The summed E-state index contributed by atoms with van der Waals surface area (Å²) >= 11 is 0. The van der Waals surface area contributed by atoms with Crippen molar-refractivity contribution >= 4 is 45.2 Å². The first-order chi connectivity index (χ1) is 20.0. The number of pyridine rings is 1. The van der Waals surface area contributed by atoms with Gasteiger partial charge in [0, 0.05) is 38.4 Å². The van der Waals surface area contributed by atoms with Gasteiger partial charge in [0.25, 0.3) is 0 Å². The number of rotatable bonds is 5. The number of piperazine rings is 1. The molecule has 0 bridgehead atoms. The van der Waals surface area contributed by atoms with Crippen molar-refractivity contribution in [2.75, 3.05) is 36.5 Å². The second-order valence-electron chi connectivity index (χ2n) is 10.3. The lowest BCUT2D eigenvalue weighted by atomic mass is 10.1. The van der Waals surface area contributed by atoms with Crippen molar-refractivity contribution < 1.29 is 14.3 Å². The van der Waals surface area contributed by atoms with E-state index >= 15 is 0 Å². The number of carbonyl (C=O) groups excluding carboxylic acids is 1. The van der Waals surface area contributed by atoms with Crippen molar-refractivity contribution in [1.29, 1.82) is 0 Å². The van der Waals surface area contributed by atoms with Crippen LogP contribution in [0.3, 0.4) is 0 Å². The lowest BCUT2D eigenvalue weighted by Crippen LogP contribution is -2.58. The van der Waals surface area contributed by atoms with Crippen LogP contribution >= 0.6 is 0 Å². The molecule has 0 saturated carbocycles. The summed E-state index contributed by atoms with van der Waals surface area (Å²) in [6.45, 7) is 7.86. The topological polar surface area (TPSA) is 111 Å².